The quantitative estimate of drug-likeness (QED) is 0.421. The molecule has 15 heteroatoms. The summed E-state index contributed by atoms with van der Waals surface area (Å²) < 4.78 is 6.71. The molecule has 1 radical (unpaired) electrons. The zero-order chi connectivity index (χ0) is 16.1. The Kier molecular flexibility index (Phi) is 9.85. The molecule has 0 bridgehead atoms. The van der Waals surface area contributed by atoms with Crippen LogP contribution in [0.25, 0.3) is 0 Å². The first-order valence-electron chi connectivity index (χ1n) is 5.48. The minimum absolute atomic E-state index is 0. The first kappa shape index (κ1) is 21.6. The van der Waals surface area contributed by atoms with Gasteiger partial charge in [0.1, 0.15) is 11.9 Å². The van der Waals surface area contributed by atoms with E-state index < -0.39 is 7.12 Å². The van der Waals surface area contributed by atoms with Crippen LogP contribution in [0, 0.1) is 23.2 Å². The molecule has 113 valence electrons. The molecule has 0 unspecified atom stereocenters. The van der Waals surface area contributed by atoms with E-state index in [1.54, 1.807) is 36.4 Å². The van der Waals surface area contributed by atoms with Crippen molar-refractivity contribution in [3.05, 3.63) is 28.4 Å². The summed E-state index contributed by atoms with van der Waals surface area (Å²) in [7, 11) is -0.490. The van der Waals surface area contributed by atoms with Gasteiger partial charge in [-0.1, -0.05) is 70.7 Å². The summed E-state index contributed by atoms with van der Waals surface area (Å²) in [6.07, 6.45) is 0. The molecule has 3 rings (SSSR count). The van der Waals surface area contributed by atoms with Gasteiger partial charge >= 0.3 is 51.4 Å². The molecule has 3 heterocycles. The van der Waals surface area contributed by atoms with Crippen LogP contribution in [0.1, 0.15) is 6.92 Å². The zero-order valence-electron chi connectivity index (χ0n) is 11.9. The molecule has 0 saturated carbocycles. The largest absolute Gasteiger partial charge is 1.00 e. The Morgan fingerprint density at radius 1 is 0.913 bits per heavy atom. The van der Waals surface area contributed by atoms with Crippen LogP contribution in [0.15, 0.2) is 16.5 Å². The first-order valence-corrected chi connectivity index (χ1v) is 9.34. The second kappa shape index (κ2) is 10.5. The van der Waals surface area contributed by atoms with E-state index in [1.807, 2.05) is 0 Å². The van der Waals surface area contributed by atoms with Crippen LogP contribution in [-0.2, 0) is 0 Å². The maximum absolute atomic E-state index is 7.32. The Labute approximate surface area is 201 Å². The summed E-state index contributed by atoms with van der Waals surface area (Å²) in [5, 5.41) is 20.0. The van der Waals surface area contributed by atoms with Crippen molar-refractivity contribution < 1.29 is 51.4 Å². The standard InChI is InChI=1S/C6H3BN6S6.C2H3N.K/c14-4-11(8-1-17-4)7(12-5(15)18-2-9-12)13-6(16)19-3-10-13;1-2-3;/h1-3H;1H3;/q-1;;+1. The van der Waals surface area contributed by atoms with Crippen molar-refractivity contribution in [2.24, 2.45) is 0 Å². The molecule has 0 aromatic carbocycles. The Hall–Kier alpha value is 0.531. The van der Waals surface area contributed by atoms with E-state index in [0.29, 0.717) is 11.9 Å². The van der Waals surface area contributed by atoms with Crippen LogP contribution >= 0.6 is 70.7 Å². The Morgan fingerprint density at radius 2 is 1.17 bits per heavy atom. The summed E-state index contributed by atoms with van der Waals surface area (Å²) in [5.74, 6) is 0. The molecule has 23 heavy (non-hydrogen) atoms. The van der Waals surface area contributed by atoms with Gasteiger partial charge in [-0.05, 0) is 0 Å². The van der Waals surface area contributed by atoms with Crippen LogP contribution in [0.4, 0.5) is 0 Å². The normalized spacial score (nSPS) is 9.61. The Balaban J connectivity index is 0.000000615. The fourth-order valence-electron chi connectivity index (χ4n) is 1.43. The Morgan fingerprint density at radius 3 is 1.35 bits per heavy atom. The van der Waals surface area contributed by atoms with Crippen LogP contribution in [0.3, 0.4) is 0 Å². The molecule has 7 nitrogen and oxygen atoms in total. The molecule has 0 aliphatic heterocycles. The third-order valence-corrected chi connectivity index (χ3v) is 5.38. The Bertz CT molecular complexity index is 842. The van der Waals surface area contributed by atoms with Gasteiger partial charge in [0.2, 0.25) is 0 Å². The summed E-state index contributed by atoms with van der Waals surface area (Å²) >= 11 is 19.9. The molecule has 0 atom stereocenters. The van der Waals surface area contributed by atoms with E-state index in [0.717, 1.165) is 0 Å². The average molecular weight is 442 g/mol. The van der Waals surface area contributed by atoms with Crippen LogP contribution in [0.2, 0.25) is 0 Å². The fourth-order valence-corrected chi connectivity index (χ4v) is 3.71. The second-order valence-electron chi connectivity index (χ2n) is 3.42. The van der Waals surface area contributed by atoms with Crippen LogP contribution in [0.5, 0.6) is 0 Å². The molecule has 3 aromatic heterocycles. The van der Waals surface area contributed by atoms with E-state index in [4.69, 9.17) is 41.9 Å². The van der Waals surface area contributed by atoms with Gasteiger partial charge in [0.05, 0.1) is 22.6 Å². The summed E-state index contributed by atoms with van der Waals surface area (Å²) in [6.45, 7) is 1.43. The minimum atomic E-state index is -0.490. The average Bonchev–Trinajstić information content (AvgIpc) is 3.18. The van der Waals surface area contributed by atoms with Crippen molar-refractivity contribution in [2.75, 3.05) is 0 Å². The van der Waals surface area contributed by atoms with Gasteiger partial charge in [-0.3, -0.25) is 0 Å². The van der Waals surface area contributed by atoms with E-state index >= 15 is 0 Å². The van der Waals surface area contributed by atoms with E-state index in [-0.39, 0.29) is 51.4 Å². The maximum atomic E-state index is 7.32. The second-order valence-corrected chi connectivity index (χ2v) is 7.85. The molecular formula is C8H6BKN7S6. The van der Waals surface area contributed by atoms with Crippen LogP contribution in [-0.4, -0.2) is 36.2 Å². The van der Waals surface area contributed by atoms with E-state index in [2.05, 4.69) is 15.3 Å². The number of hydrogen-bond donors (Lipinski definition) is 0. The molecule has 0 spiro atoms. The van der Waals surface area contributed by atoms with Crippen molar-refractivity contribution in [1.82, 2.24) is 29.1 Å². The SMILES string of the molecule is CC#N.S=c1scnn1[B-](n1ncsc1=S)n1ncsc1=S.[K+]. The molecule has 0 saturated heterocycles. The van der Waals surface area contributed by atoms with Crippen molar-refractivity contribution in [2.45, 2.75) is 6.92 Å². The molecule has 0 N–H and O–H groups in total. The predicted octanol–water partition coefficient (Wildman–Crippen LogP) is 0.113. The summed E-state index contributed by atoms with van der Waals surface area (Å²) in [6, 6.07) is 1.75. The van der Waals surface area contributed by atoms with E-state index in [9.17, 15) is 0 Å². The van der Waals surface area contributed by atoms with Crippen molar-refractivity contribution in [1.29, 1.82) is 5.26 Å². The molecule has 0 amide bonds. The molecule has 3 aromatic rings. The van der Waals surface area contributed by atoms with Gasteiger partial charge in [-0.2, -0.15) is 5.26 Å². The monoisotopic (exact) mass is 442 g/mol. The molecular weight excluding hydrogens is 436 g/mol. The summed E-state index contributed by atoms with van der Waals surface area (Å²) in [5.41, 5.74) is 5.00. The van der Waals surface area contributed by atoms with Crippen molar-refractivity contribution in [3.63, 3.8) is 0 Å². The van der Waals surface area contributed by atoms with Gasteiger partial charge in [0.15, 0.2) is 0 Å². The number of rotatable bonds is 3. The fraction of sp³-hybridized carbons (Fsp3) is 0.125. The van der Waals surface area contributed by atoms with Gasteiger partial charge < -0.3 is 13.8 Å². The molecule has 0 aliphatic carbocycles. The molecule has 0 fully saturated rings. The zero-order valence-corrected chi connectivity index (χ0v) is 19.9. The van der Waals surface area contributed by atoms with Crippen LogP contribution < -0.4 is 51.4 Å². The van der Waals surface area contributed by atoms with Gasteiger partial charge in [0, 0.05) is 6.92 Å². The molecule has 0 aliphatic rings. The maximum Gasteiger partial charge on any atom is 1.00 e. The first-order chi connectivity index (χ1) is 10.6. The third kappa shape index (κ3) is 5.25. The number of hydrogen-bond acceptors (Lipinski definition) is 10. The number of nitriles is 1. The summed E-state index contributed by atoms with van der Waals surface area (Å²) in [4.78, 5) is 0. The number of aromatic nitrogens is 6. The number of nitrogens with zero attached hydrogens (tertiary/aromatic N) is 7. The van der Waals surface area contributed by atoms with Crippen molar-refractivity contribution in [3.8, 4) is 6.07 Å². The van der Waals surface area contributed by atoms with Crippen molar-refractivity contribution >= 4 is 77.8 Å². The minimum Gasteiger partial charge on any atom is -0.401 e. The van der Waals surface area contributed by atoms with Gasteiger partial charge in [-0.25, -0.2) is 15.3 Å². The predicted molar refractivity (Wildman–Crippen MR) is 96.0 cm³/mol. The smallest absolute Gasteiger partial charge is 0.401 e. The van der Waals surface area contributed by atoms with E-state index in [1.165, 1.54) is 40.9 Å². The van der Waals surface area contributed by atoms with Gasteiger partial charge in [0.25, 0.3) is 7.12 Å². The topological polar surface area (TPSA) is 77.2 Å². The van der Waals surface area contributed by atoms with Gasteiger partial charge in [-0.15, -0.1) is 0 Å². The third-order valence-electron chi connectivity index (χ3n) is 2.19.